The third-order valence-corrected chi connectivity index (χ3v) is 16.1. The van der Waals surface area contributed by atoms with Crippen molar-refractivity contribution in [3.63, 3.8) is 0 Å². The Bertz CT molecular complexity index is 2270. The summed E-state index contributed by atoms with van der Waals surface area (Å²) in [6.07, 6.45) is 3.85. The van der Waals surface area contributed by atoms with E-state index in [1.807, 2.05) is 44.4 Å². The smallest absolute Gasteiger partial charge is 0.226 e. The molecule has 16 heteroatoms. The summed E-state index contributed by atoms with van der Waals surface area (Å²) in [7, 11) is -2.41. The number of ether oxygens (including phenoxy) is 3. The van der Waals surface area contributed by atoms with Gasteiger partial charge in [-0.1, -0.05) is 36.7 Å². The molecule has 0 bridgehead atoms. The maximum atomic E-state index is 15.2. The normalized spacial score (nSPS) is 25.5. The fraction of sp³-hybridized carbons (Fsp3) is 0.488. The van der Waals surface area contributed by atoms with E-state index >= 15 is 13.3 Å². The molecule has 316 valence electrons. The molecule has 4 heterocycles. The number of aromatic nitrogens is 2. The first-order valence-electron chi connectivity index (χ1n) is 20.1. The number of benzene rings is 2. The van der Waals surface area contributed by atoms with Crippen molar-refractivity contribution in [3.05, 3.63) is 76.2 Å². The number of ketones is 1. The summed E-state index contributed by atoms with van der Waals surface area (Å²) in [5.74, 6) is -2.05. The maximum Gasteiger partial charge on any atom is 0.226 e. The minimum absolute atomic E-state index is 0.0208. The molecule has 4 aromatic rings. The molecular formula is C43H50ClF2N4O7PS. The van der Waals surface area contributed by atoms with Gasteiger partial charge in [-0.05, 0) is 70.2 Å². The number of carbonyl (C=O) groups is 2. The molecule has 1 aliphatic carbocycles. The number of fused-ring (bicyclic) bond motifs is 3. The Kier molecular flexibility index (Phi) is 13.1. The van der Waals surface area contributed by atoms with Crippen LogP contribution in [0, 0.1) is 23.5 Å². The highest BCUT2D eigenvalue weighted by Crippen LogP contribution is 2.77. The van der Waals surface area contributed by atoms with Gasteiger partial charge in [0.05, 0.1) is 55.4 Å². The second-order valence-corrected chi connectivity index (χ2v) is 19.9. The Hall–Kier alpha value is -3.94. The van der Waals surface area contributed by atoms with Crippen LogP contribution in [0.25, 0.3) is 22.3 Å². The van der Waals surface area contributed by atoms with Crippen molar-refractivity contribution in [2.24, 2.45) is 11.8 Å². The van der Waals surface area contributed by atoms with Crippen LogP contribution < -0.4 is 14.8 Å². The van der Waals surface area contributed by atoms with Gasteiger partial charge in [0.1, 0.15) is 40.0 Å². The first-order valence-corrected chi connectivity index (χ1v) is 23.1. The fourth-order valence-corrected chi connectivity index (χ4v) is 12.9. The molecule has 3 aliphatic rings. The van der Waals surface area contributed by atoms with Gasteiger partial charge in [0.15, 0.2) is 10.9 Å². The molecule has 7 rings (SSSR count). The highest BCUT2D eigenvalue weighted by Gasteiger charge is 2.67. The van der Waals surface area contributed by atoms with Gasteiger partial charge >= 0.3 is 0 Å². The Morgan fingerprint density at radius 2 is 1.90 bits per heavy atom. The van der Waals surface area contributed by atoms with E-state index in [0.29, 0.717) is 71.3 Å². The van der Waals surface area contributed by atoms with Crippen LogP contribution in [-0.2, 0) is 29.6 Å². The van der Waals surface area contributed by atoms with Crippen molar-refractivity contribution in [1.82, 2.24) is 14.9 Å². The Labute approximate surface area is 352 Å². The number of hydrogen-bond acceptors (Lipinski definition) is 11. The third-order valence-electron chi connectivity index (χ3n) is 11.5. The van der Waals surface area contributed by atoms with Crippen molar-refractivity contribution in [2.45, 2.75) is 89.3 Å². The lowest BCUT2D eigenvalue weighted by molar-refractivity contribution is -0.140. The molecule has 6 atom stereocenters. The number of carbonyl (C=O) groups excluding carboxylic acids is 2. The monoisotopic (exact) mass is 870 g/mol. The Morgan fingerprint density at radius 1 is 1.12 bits per heavy atom. The minimum Gasteiger partial charge on any atom is -0.495 e. The number of amides is 1. The average Bonchev–Trinajstić information content (AvgIpc) is 3.47. The molecule has 1 amide bonds. The van der Waals surface area contributed by atoms with Crippen LogP contribution in [0.1, 0.15) is 65.4 Å². The average molecular weight is 871 g/mol. The van der Waals surface area contributed by atoms with Crippen molar-refractivity contribution in [2.75, 3.05) is 38.8 Å². The predicted octanol–water partition coefficient (Wildman–Crippen LogP) is 9.70. The molecular weight excluding hydrogens is 821 g/mol. The van der Waals surface area contributed by atoms with Gasteiger partial charge in [-0.2, -0.15) is 0 Å². The number of hydrogen-bond donors (Lipinski definition) is 1. The summed E-state index contributed by atoms with van der Waals surface area (Å²) >= 11 is 8.29. The van der Waals surface area contributed by atoms with Crippen molar-refractivity contribution < 1.29 is 41.7 Å². The zero-order valence-electron chi connectivity index (χ0n) is 33.8. The number of rotatable bonds is 11. The lowest BCUT2D eigenvalue weighted by Gasteiger charge is -2.31. The van der Waals surface area contributed by atoms with Crippen molar-refractivity contribution in [3.8, 4) is 22.9 Å². The van der Waals surface area contributed by atoms with Crippen LogP contribution in [-0.4, -0.2) is 83.4 Å². The molecule has 2 fully saturated rings. The summed E-state index contributed by atoms with van der Waals surface area (Å²) in [5, 5.41) is 5.64. The molecule has 1 saturated carbocycles. The molecule has 0 spiro atoms. The zero-order chi connectivity index (χ0) is 42.1. The number of Topliss-reactive ketones (excluding diaryl/α,β-unsaturated/α-hetero) is 1. The van der Waals surface area contributed by atoms with Crippen LogP contribution >= 0.6 is 30.3 Å². The predicted molar refractivity (Wildman–Crippen MR) is 226 cm³/mol. The number of anilines is 1. The second kappa shape index (κ2) is 18.0. The highest BCUT2D eigenvalue weighted by molar-refractivity contribution is 7.60. The zero-order valence-corrected chi connectivity index (χ0v) is 36.3. The maximum absolute atomic E-state index is 15.2. The number of thiazole rings is 1. The fourth-order valence-electron chi connectivity index (χ4n) is 8.38. The summed E-state index contributed by atoms with van der Waals surface area (Å²) in [4.78, 5) is 40.3. The standard InChI is InChI=1S/C43H50ClF2N4O7PS/c1-6-56-58(53,23-30-31(45)11-9-12-32(30)46)43-20-27(43)15-17-55-16-8-7-10-26(4)41(52)50-22-28(18-35(50)36(51)21-43)57-38-19-33(34-24-59-42(49-34)47-25(2)3)48-40-29(38)13-14-37(54-5)39(40)44/h7-9,11-14,19,24-28,35H,6,10,15-18,20-23H2,1-5H3,(H,47,49)/b8-7+/t26-,27-,28+,35-,43+,58?/m0/s1. The molecule has 2 aromatic carbocycles. The highest BCUT2D eigenvalue weighted by atomic mass is 35.5. The summed E-state index contributed by atoms with van der Waals surface area (Å²) in [5.41, 5.74) is 1.23. The van der Waals surface area contributed by atoms with E-state index in [1.165, 1.54) is 24.5 Å². The van der Waals surface area contributed by atoms with Gasteiger partial charge in [0.2, 0.25) is 13.3 Å². The van der Waals surface area contributed by atoms with Gasteiger partial charge in [-0.25, -0.2) is 18.7 Å². The third kappa shape index (κ3) is 8.93. The molecule has 59 heavy (non-hydrogen) atoms. The Morgan fingerprint density at radius 3 is 2.63 bits per heavy atom. The van der Waals surface area contributed by atoms with Crippen LogP contribution in [0.5, 0.6) is 11.5 Å². The number of methoxy groups -OCH3 is 1. The number of nitrogens with zero attached hydrogens (tertiary/aromatic N) is 3. The molecule has 1 saturated heterocycles. The summed E-state index contributed by atoms with van der Waals surface area (Å²) in [6, 6.07) is 8.09. The quantitative estimate of drug-likeness (QED) is 0.115. The van der Waals surface area contributed by atoms with Gasteiger partial charge in [-0.3, -0.25) is 14.2 Å². The van der Waals surface area contributed by atoms with Crippen molar-refractivity contribution in [1.29, 1.82) is 0 Å². The van der Waals surface area contributed by atoms with E-state index in [4.69, 9.17) is 40.3 Å². The number of allylic oxidation sites excluding steroid dienone is 1. The van der Waals surface area contributed by atoms with E-state index in [2.05, 4.69) is 5.32 Å². The molecule has 1 unspecified atom stereocenters. The number of halogens is 3. The first-order chi connectivity index (χ1) is 28.3. The SMILES string of the molecule is CCOP(=O)(Cc1c(F)cccc1F)[C@]12CC(=O)[C@@H]3C[C@@H](Oc4cc(-c5csc(NC(C)C)n5)nc5c(Cl)c(OC)ccc45)CN3C(=O)[C@@H](C)C/C=C/COCC[C@H]1C2. The minimum atomic E-state index is -3.94. The topological polar surface area (TPSA) is 129 Å². The van der Waals surface area contributed by atoms with Gasteiger partial charge in [-0.15, -0.1) is 11.3 Å². The molecule has 11 nitrogen and oxygen atoms in total. The lowest BCUT2D eigenvalue weighted by atomic mass is 10.00. The van der Waals surface area contributed by atoms with Crippen LogP contribution in [0.4, 0.5) is 13.9 Å². The van der Waals surface area contributed by atoms with Gasteiger partial charge in [0, 0.05) is 53.8 Å². The van der Waals surface area contributed by atoms with E-state index in [0.717, 1.165) is 17.3 Å². The number of nitrogens with one attached hydrogen (secondary N) is 1. The second-order valence-electron chi connectivity index (χ2n) is 15.9. The van der Waals surface area contributed by atoms with Crippen LogP contribution in [0.15, 0.2) is 53.9 Å². The molecule has 0 radical (unpaired) electrons. The molecule has 2 aromatic heterocycles. The summed E-state index contributed by atoms with van der Waals surface area (Å²) in [6.45, 7) is 8.33. The largest absolute Gasteiger partial charge is 0.495 e. The van der Waals surface area contributed by atoms with E-state index in [1.54, 1.807) is 24.0 Å². The number of pyridine rings is 1. The Balaban J connectivity index is 1.25. The van der Waals surface area contributed by atoms with E-state index in [-0.39, 0.29) is 55.2 Å². The molecule has 1 N–H and O–H groups in total. The van der Waals surface area contributed by atoms with Gasteiger partial charge < -0.3 is 29.0 Å². The van der Waals surface area contributed by atoms with Crippen molar-refractivity contribution >= 4 is 58.0 Å². The van der Waals surface area contributed by atoms with Crippen LogP contribution in [0.2, 0.25) is 5.02 Å². The van der Waals surface area contributed by atoms with E-state index < -0.39 is 48.4 Å². The lowest BCUT2D eigenvalue weighted by Crippen LogP contribution is -2.44. The van der Waals surface area contributed by atoms with Gasteiger partial charge in [0.25, 0.3) is 0 Å². The molecule has 2 aliphatic heterocycles. The van der Waals surface area contributed by atoms with Crippen LogP contribution in [0.3, 0.4) is 0 Å². The first kappa shape index (κ1) is 43.2. The summed E-state index contributed by atoms with van der Waals surface area (Å²) < 4.78 is 69.5. The van der Waals surface area contributed by atoms with E-state index in [9.17, 15) is 9.59 Å².